The maximum absolute atomic E-state index is 12.4. The molecule has 4 nitrogen and oxygen atoms in total. The van der Waals surface area contributed by atoms with E-state index >= 15 is 0 Å². The Kier molecular flexibility index (Phi) is 13.9. The Hall–Kier alpha value is -1.82. The maximum Gasteiger partial charge on any atom is 0.220 e. The van der Waals surface area contributed by atoms with Crippen LogP contribution in [0.1, 0.15) is 51.2 Å². The van der Waals surface area contributed by atoms with Crippen LogP contribution < -0.4 is 5.32 Å². The average Bonchev–Trinajstić information content (AvgIpc) is 2.98. The van der Waals surface area contributed by atoms with Gasteiger partial charge in [-0.25, -0.2) is 0 Å². The number of aryl methyl sites for hydroxylation is 1. The second-order valence-corrected chi connectivity index (χ2v) is 8.01. The number of benzene rings is 1. The van der Waals surface area contributed by atoms with Gasteiger partial charge in [-0.15, -0.1) is 11.8 Å². The van der Waals surface area contributed by atoms with E-state index in [2.05, 4.69) is 64.9 Å². The highest BCUT2D eigenvalue weighted by Gasteiger charge is 2.12. The third-order valence-corrected chi connectivity index (χ3v) is 5.57. The summed E-state index contributed by atoms with van der Waals surface area (Å²) in [5.41, 5.74) is 3.69. The van der Waals surface area contributed by atoms with Crippen LogP contribution in [0.25, 0.3) is 0 Å². The Morgan fingerprint density at radius 1 is 1.20 bits per heavy atom. The maximum atomic E-state index is 12.4. The molecule has 0 saturated heterocycles. The molecule has 1 aromatic rings. The Bertz CT molecular complexity index is 714. The molecule has 0 aromatic heterocycles. The average molecular weight is 434 g/mol. The van der Waals surface area contributed by atoms with E-state index in [4.69, 9.17) is 4.74 Å². The Balaban J connectivity index is 0.00000212. The minimum Gasteiger partial charge on any atom is -0.388 e. The first-order valence-electron chi connectivity index (χ1n) is 10.4. The second-order valence-electron chi connectivity index (χ2n) is 7.16. The van der Waals surface area contributed by atoms with Gasteiger partial charge in [-0.3, -0.25) is 4.79 Å². The highest BCUT2D eigenvalue weighted by atomic mass is 32.2. The highest BCUT2D eigenvalue weighted by Crippen LogP contribution is 2.27. The van der Waals surface area contributed by atoms with Crippen LogP contribution in [0.15, 0.2) is 59.0 Å². The number of allylic oxidation sites excluding steroid dienone is 5. The van der Waals surface area contributed by atoms with Crippen LogP contribution in [-0.4, -0.2) is 40.1 Å². The zero-order valence-electron chi connectivity index (χ0n) is 19.1. The molecule has 0 fully saturated rings. The number of amides is 1. The minimum atomic E-state index is 0. The van der Waals surface area contributed by atoms with Crippen LogP contribution in [0.2, 0.25) is 0 Å². The van der Waals surface area contributed by atoms with Crippen LogP contribution >= 0.6 is 11.8 Å². The summed E-state index contributed by atoms with van der Waals surface area (Å²) in [7, 11) is 4.98. The molecule has 1 aliphatic rings. The molecule has 5 heteroatoms. The summed E-state index contributed by atoms with van der Waals surface area (Å²) >= 11 is 1.75. The largest absolute Gasteiger partial charge is 0.388 e. The molecule has 2 rings (SSSR count). The molecule has 30 heavy (non-hydrogen) atoms. The molecule has 1 aliphatic carbocycles. The van der Waals surface area contributed by atoms with Gasteiger partial charge in [0.1, 0.15) is 0 Å². The number of nitrogens with one attached hydrogen (secondary N) is 1. The smallest absolute Gasteiger partial charge is 0.220 e. The molecule has 1 atom stereocenters. The monoisotopic (exact) mass is 433 g/mol. The van der Waals surface area contributed by atoms with Gasteiger partial charge in [0, 0.05) is 40.7 Å². The van der Waals surface area contributed by atoms with Crippen LogP contribution in [0.3, 0.4) is 0 Å². The third-order valence-electron chi connectivity index (χ3n) is 4.70. The Labute approximate surface area is 188 Å². The first-order chi connectivity index (χ1) is 14.5. The molecule has 0 spiro atoms. The van der Waals surface area contributed by atoms with Crippen molar-refractivity contribution in [2.75, 3.05) is 34.2 Å². The lowest BCUT2D eigenvalue weighted by Crippen LogP contribution is -2.26. The molecule has 0 bridgehead atoms. The predicted molar refractivity (Wildman–Crippen MR) is 131 cm³/mol. The normalized spacial score (nSPS) is 14.0. The highest BCUT2D eigenvalue weighted by molar-refractivity contribution is 8.02. The van der Waals surface area contributed by atoms with Gasteiger partial charge in [0.15, 0.2) is 0 Å². The molecule has 0 radical (unpaired) electrons. The Morgan fingerprint density at radius 3 is 2.53 bits per heavy atom. The fourth-order valence-corrected chi connectivity index (χ4v) is 3.81. The Morgan fingerprint density at radius 2 is 1.90 bits per heavy atom. The molecule has 0 aliphatic heterocycles. The van der Waals surface area contributed by atoms with Crippen molar-refractivity contribution in [1.82, 2.24) is 5.32 Å². The third kappa shape index (κ3) is 10.3. The summed E-state index contributed by atoms with van der Waals surface area (Å²) in [5, 5.41) is 3.13. The fraction of sp³-hybridized carbons (Fsp3) is 0.480. The van der Waals surface area contributed by atoms with E-state index in [0.717, 1.165) is 37.9 Å². The molecule has 1 amide bonds. The van der Waals surface area contributed by atoms with Crippen LogP contribution in [0.5, 0.6) is 0 Å². The number of carbonyl (C=O) groups is 1. The molecular formula is C25H39NO3S. The lowest BCUT2D eigenvalue weighted by Gasteiger charge is -2.16. The number of hydrogen-bond donors (Lipinski definition) is 1. The van der Waals surface area contributed by atoms with Crippen molar-refractivity contribution in [1.29, 1.82) is 0 Å². The van der Waals surface area contributed by atoms with Crippen molar-refractivity contribution in [2.24, 2.45) is 0 Å². The van der Waals surface area contributed by atoms with Gasteiger partial charge in [0.05, 0.1) is 6.04 Å². The van der Waals surface area contributed by atoms with E-state index in [1.807, 2.05) is 6.92 Å². The summed E-state index contributed by atoms with van der Waals surface area (Å²) in [6, 6.07) is 8.53. The second kappa shape index (κ2) is 15.9. The van der Waals surface area contributed by atoms with Crippen molar-refractivity contribution >= 4 is 17.7 Å². The van der Waals surface area contributed by atoms with E-state index in [0.29, 0.717) is 6.42 Å². The van der Waals surface area contributed by atoms with E-state index in [1.54, 1.807) is 33.1 Å². The van der Waals surface area contributed by atoms with Gasteiger partial charge < -0.3 is 14.8 Å². The number of thioether (sulfide) groups is 1. The topological polar surface area (TPSA) is 47.6 Å². The summed E-state index contributed by atoms with van der Waals surface area (Å²) in [5.74, 6) is 0.0984. The first kappa shape index (κ1) is 26.2. The van der Waals surface area contributed by atoms with Crippen LogP contribution in [-0.2, 0) is 20.7 Å². The van der Waals surface area contributed by atoms with E-state index in [-0.39, 0.29) is 13.4 Å². The standard InChI is InChI=1S/C23H31NO2S.C2H6O.H2/c1-18(20-13-11-19(12-14-20)8-7-17-26-2)24-23(25)16-15-21-9-5-4-6-10-22(21)27-3;1-3-2;/h4-5,9-14,18H,6-8,15-17H2,1-3H3,(H,24,25);1-2H3;1H. The summed E-state index contributed by atoms with van der Waals surface area (Å²) in [6.45, 7) is 2.83. The molecule has 1 N–H and O–H groups in total. The number of hydrogen-bond acceptors (Lipinski definition) is 4. The molecule has 0 saturated carbocycles. The lowest BCUT2D eigenvalue weighted by molar-refractivity contribution is -0.121. The van der Waals surface area contributed by atoms with E-state index in [1.165, 1.54) is 16.0 Å². The SMILES string of the molecule is COC.COCCCc1ccc(C(C)NC(=O)CCC2=CC=CCC=C2SC)cc1.[HH]. The predicted octanol–water partition coefficient (Wildman–Crippen LogP) is 5.86. The molecule has 168 valence electrons. The van der Waals surface area contributed by atoms with Crippen LogP contribution in [0, 0.1) is 0 Å². The van der Waals surface area contributed by atoms with Crippen LogP contribution in [0.4, 0.5) is 0 Å². The molecule has 1 unspecified atom stereocenters. The zero-order chi connectivity index (χ0) is 22.2. The van der Waals surface area contributed by atoms with Gasteiger partial charge in [0.25, 0.3) is 0 Å². The minimum absolute atomic E-state index is 0. The number of carbonyl (C=O) groups excluding carboxylic acids is 1. The fourth-order valence-electron chi connectivity index (χ4n) is 3.11. The quantitative estimate of drug-likeness (QED) is 0.469. The number of ether oxygens (including phenoxy) is 2. The van der Waals surface area contributed by atoms with Gasteiger partial charge in [-0.1, -0.05) is 48.6 Å². The molecule has 0 heterocycles. The summed E-state index contributed by atoms with van der Waals surface area (Å²) in [6.07, 6.45) is 15.0. The van der Waals surface area contributed by atoms with Crippen molar-refractivity contribution in [3.8, 4) is 0 Å². The van der Waals surface area contributed by atoms with Gasteiger partial charge >= 0.3 is 0 Å². The van der Waals surface area contributed by atoms with Gasteiger partial charge in [0.2, 0.25) is 5.91 Å². The van der Waals surface area contributed by atoms with Crippen molar-refractivity contribution in [3.05, 3.63) is 70.2 Å². The lowest BCUT2D eigenvalue weighted by atomic mass is 10.0. The van der Waals surface area contributed by atoms with Gasteiger partial charge in [-0.05, 0) is 55.6 Å². The number of methoxy groups -OCH3 is 2. The first-order valence-corrected chi connectivity index (χ1v) is 11.7. The number of rotatable bonds is 10. The van der Waals surface area contributed by atoms with Crippen molar-refractivity contribution < 1.29 is 15.7 Å². The van der Waals surface area contributed by atoms with Crippen molar-refractivity contribution in [3.63, 3.8) is 0 Å². The summed E-state index contributed by atoms with van der Waals surface area (Å²) < 4.78 is 9.35. The molecule has 1 aromatic carbocycles. The summed E-state index contributed by atoms with van der Waals surface area (Å²) in [4.78, 5) is 13.7. The van der Waals surface area contributed by atoms with E-state index in [9.17, 15) is 4.79 Å². The van der Waals surface area contributed by atoms with E-state index < -0.39 is 0 Å². The zero-order valence-corrected chi connectivity index (χ0v) is 19.9. The van der Waals surface area contributed by atoms with Crippen molar-refractivity contribution in [2.45, 2.75) is 45.1 Å². The van der Waals surface area contributed by atoms with Gasteiger partial charge in [-0.2, -0.15) is 0 Å². The molecular weight excluding hydrogens is 394 g/mol.